The minimum absolute atomic E-state index is 0.141. The van der Waals surface area contributed by atoms with Crippen molar-refractivity contribution in [2.45, 2.75) is 66.0 Å². The fraction of sp³-hybridized carbons (Fsp3) is 0.462. The largest absolute Gasteiger partial charge is 0.483 e. The van der Waals surface area contributed by atoms with Crippen LogP contribution in [-0.4, -0.2) is 35.9 Å². The summed E-state index contributed by atoms with van der Waals surface area (Å²) in [7, 11) is 0. The van der Waals surface area contributed by atoms with Gasteiger partial charge in [0.05, 0.1) is 4.47 Å². The smallest absolute Gasteiger partial charge is 0.261 e. The van der Waals surface area contributed by atoms with Crippen molar-refractivity contribution in [3.8, 4) is 5.75 Å². The summed E-state index contributed by atoms with van der Waals surface area (Å²) in [6.45, 7) is 10.9. The Hall–Kier alpha value is -2.34. The minimum atomic E-state index is -0.602. The van der Waals surface area contributed by atoms with Gasteiger partial charge in [-0.25, -0.2) is 0 Å². The molecule has 2 aromatic carbocycles. The highest BCUT2D eigenvalue weighted by Crippen LogP contribution is 2.29. The average Bonchev–Trinajstić information content (AvgIpc) is 2.77. The first-order valence-electron chi connectivity index (χ1n) is 11.3. The SMILES string of the molecule is CCCCNC(=O)[C@H](C)N(Cc1ccccc1C)C(=O)COc1ccc(C(C)C)cc1Br. The molecule has 0 spiro atoms. The van der Waals surface area contributed by atoms with E-state index < -0.39 is 6.04 Å². The molecule has 0 saturated heterocycles. The molecule has 174 valence electrons. The Labute approximate surface area is 200 Å². The number of halogens is 1. The highest BCUT2D eigenvalue weighted by Gasteiger charge is 2.27. The van der Waals surface area contributed by atoms with Gasteiger partial charge in [0.1, 0.15) is 11.8 Å². The lowest BCUT2D eigenvalue weighted by molar-refractivity contribution is -0.142. The molecule has 1 N–H and O–H groups in total. The molecule has 0 bridgehead atoms. The van der Waals surface area contributed by atoms with E-state index in [-0.39, 0.29) is 18.4 Å². The van der Waals surface area contributed by atoms with Gasteiger partial charge in [-0.3, -0.25) is 9.59 Å². The van der Waals surface area contributed by atoms with Gasteiger partial charge >= 0.3 is 0 Å². The maximum atomic E-state index is 13.2. The van der Waals surface area contributed by atoms with Crippen LogP contribution in [0.5, 0.6) is 5.75 Å². The van der Waals surface area contributed by atoms with Gasteiger partial charge in [-0.05, 0) is 70.9 Å². The van der Waals surface area contributed by atoms with E-state index in [4.69, 9.17) is 4.74 Å². The zero-order chi connectivity index (χ0) is 23.7. The number of nitrogens with zero attached hydrogens (tertiary/aromatic N) is 1. The van der Waals surface area contributed by atoms with E-state index in [1.54, 1.807) is 11.8 Å². The fourth-order valence-electron chi connectivity index (χ4n) is 3.31. The first-order valence-corrected chi connectivity index (χ1v) is 12.1. The molecule has 0 heterocycles. The van der Waals surface area contributed by atoms with Gasteiger partial charge in [-0.15, -0.1) is 0 Å². The normalized spacial score (nSPS) is 11.8. The van der Waals surface area contributed by atoms with E-state index in [2.05, 4.69) is 42.0 Å². The summed E-state index contributed by atoms with van der Waals surface area (Å²) in [4.78, 5) is 27.5. The third kappa shape index (κ3) is 7.37. The van der Waals surface area contributed by atoms with E-state index in [1.165, 1.54) is 5.56 Å². The lowest BCUT2D eigenvalue weighted by atomic mass is 10.0. The minimum Gasteiger partial charge on any atom is -0.483 e. The van der Waals surface area contributed by atoms with Crippen LogP contribution in [-0.2, 0) is 16.1 Å². The zero-order valence-corrected chi connectivity index (χ0v) is 21.4. The van der Waals surface area contributed by atoms with Crippen LogP contribution >= 0.6 is 15.9 Å². The third-order valence-corrected chi connectivity index (χ3v) is 6.19. The van der Waals surface area contributed by atoms with Crippen LogP contribution in [0.15, 0.2) is 46.9 Å². The van der Waals surface area contributed by atoms with Gasteiger partial charge in [0.15, 0.2) is 6.61 Å². The van der Waals surface area contributed by atoms with Crippen LogP contribution in [0, 0.1) is 6.92 Å². The van der Waals surface area contributed by atoms with E-state index in [1.807, 2.05) is 49.4 Å². The number of hydrogen-bond donors (Lipinski definition) is 1. The van der Waals surface area contributed by atoms with Crippen molar-refractivity contribution in [3.63, 3.8) is 0 Å². The molecule has 2 amide bonds. The van der Waals surface area contributed by atoms with Gasteiger partial charge in [0.2, 0.25) is 5.91 Å². The van der Waals surface area contributed by atoms with Gasteiger partial charge in [-0.2, -0.15) is 0 Å². The van der Waals surface area contributed by atoms with Crippen LogP contribution in [0.3, 0.4) is 0 Å². The Morgan fingerprint density at radius 2 is 1.84 bits per heavy atom. The van der Waals surface area contributed by atoms with Crippen molar-refractivity contribution in [2.24, 2.45) is 0 Å². The highest BCUT2D eigenvalue weighted by molar-refractivity contribution is 9.10. The van der Waals surface area contributed by atoms with E-state index in [0.717, 1.165) is 28.4 Å². The lowest BCUT2D eigenvalue weighted by Gasteiger charge is -2.29. The van der Waals surface area contributed by atoms with Crippen molar-refractivity contribution in [1.82, 2.24) is 10.2 Å². The zero-order valence-electron chi connectivity index (χ0n) is 19.8. The summed E-state index contributed by atoms with van der Waals surface area (Å²) in [5, 5.41) is 2.94. The molecule has 0 saturated carbocycles. The van der Waals surface area contributed by atoms with Gasteiger partial charge in [0, 0.05) is 13.1 Å². The molecule has 0 radical (unpaired) electrons. The molecule has 2 aromatic rings. The van der Waals surface area contributed by atoms with Gasteiger partial charge < -0.3 is 15.0 Å². The first kappa shape index (κ1) is 25.9. The number of unbranched alkanes of at least 4 members (excludes halogenated alkanes) is 1. The number of carbonyl (C=O) groups is 2. The number of carbonyl (C=O) groups excluding carboxylic acids is 2. The van der Waals surface area contributed by atoms with Crippen LogP contribution in [0.4, 0.5) is 0 Å². The maximum absolute atomic E-state index is 13.2. The first-order chi connectivity index (χ1) is 15.2. The average molecular weight is 503 g/mol. The summed E-state index contributed by atoms with van der Waals surface area (Å²) in [6, 6.07) is 13.2. The maximum Gasteiger partial charge on any atom is 0.261 e. The van der Waals surface area contributed by atoms with Crippen molar-refractivity contribution in [1.29, 1.82) is 0 Å². The van der Waals surface area contributed by atoms with Crippen molar-refractivity contribution >= 4 is 27.7 Å². The molecule has 0 aliphatic rings. The number of nitrogens with one attached hydrogen (secondary N) is 1. The predicted octanol–water partition coefficient (Wildman–Crippen LogP) is 5.59. The number of aryl methyl sites for hydroxylation is 1. The second-order valence-electron chi connectivity index (χ2n) is 8.40. The molecule has 0 aliphatic carbocycles. The summed E-state index contributed by atoms with van der Waals surface area (Å²) in [5.41, 5.74) is 3.28. The molecular weight excluding hydrogens is 468 g/mol. The predicted molar refractivity (Wildman–Crippen MR) is 133 cm³/mol. The quantitative estimate of drug-likeness (QED) is 0.407. The van der Waals surface area contributed by atoms with Crippen LogP contribution in [0.2, 0.25) is 0 Å². The number of benzene rings is 2. The fourth-order valence-corrected chi connectivity index (χ4v) is 3.82. The number of amides is 2. The van der Waals surface area contributed by atoms with Crippen molar-refractivity contribution < 1.29 is 14.3 Å². The lowest BCUT2D eigenvalue weighted by Crippen LogP contribution is -2.49. The summed E-state index contributed by atoms with van der Waals surface area (Å²) in [5.74, 6) is 0.631. The summed E-state index contributed by atoms with van der Waals surface area (Å²) >= 11 is 3.54. The topological polar surface area (TPSA) is 58.6 Å². The highest BCUT2D eigenvalue weighted by atomic mass is 79.9. The van der Waals surface area contributed by atoms with Gasteiger partial charge in [0.25, 0.3) is 5.91 Å². The molecular formula is C26H35BrN2O3. The van der Waals surface area contributed by atoms with E-state index >= 15 is 0 Å². The molecule has 0 fully saturated rings. The molecule has 5 nitrogen and oxygen atoms in total. The molecule has 0 unspecified atom stereocenters. The van der Waals surface area contributed by atoms with Gasteiger partial charge in [-0.1, -0.05) is 57.5 Å². The number of ether oxygens (including phenoxy) is 1. The van der Waals surface area contributed by atoms with Crippen LogP contribution in [0.25, 0.3) is 0 Å². The Balaban J connectivity index is 2.15. The molecule has 0 aromatic heterocycles. The Morgan fingerprint density at radius 1 is 1.12 bits per heavy atom. The second-order valence-corrected chi connectivity index (χ2v) is 9.26. The Kier molecular flexibility index (Phi) is 10.2. The molecule has 0 aliphatic heterocycles. The van der Waals surface area contributed by atoms with E-state index in [0.29, 0.717) is 24.8 Å². The van der Waals surface area contributed by atoms with Crippen LogP contribution < -0.4 is 10.1 Å². The molecule has 2 rings (SSSR count). The van der Waals surface area contributed by atoms with Crippen molar-refractivity contribution in [2.75, 3.05) is 13.2 Å². The number of rotatable bonds is 11. The van der Waals surface area contributed by atoms with Crippen LogP contribution in [0.1, 0.15) is 63.1 Å². The van der Waals surface area contributed by atoms with Crippen molar-refractivity contribution in [3.05, 3.63) is 63.6 Å². The summed E-state index contributed by atoms with van der Waals surface area (Å²) < 4.78 is 6.65. The molecule has 32 heavy (non-hydrogen) atoms. The Bertz CT molecular complexity index is 914. The molecule has 1 atom stereocenters. The second kappa shape index (κ2) is 12.6. The Morgan fingerprint density at radius 3 is 2.47 bits per heavy atom. The number of hydrogen-bond acceptors (Lipinski definition) is 3. The summed E-state index contributed by atoms with van der Waals surface area (Å²) in [6.07, 6.45) is 1.91. The third-order valence-electron chi connectivity index (χ3n) is 5.57. The standard InChI is InChI=1S/C26H35BrN2O3/c1-6-7-14-28-26(31)20(5)29(16-22-11-9-8-10-19(22)4)25(30)17-32-24-13-12-21(18(2)3)15-23(24)27/h8-13,15,18,20H,6-7,14,16-17H2,1-5H3,(H,28,31)/t20-/m0/s1. The monoisotopic (exact) mass is 502 g/mol. The van der Waals surface area contributed by atoms with E-state index in [9.17, 15) is 9.59 Å². The molecule has 6 heteroatoms.